The third-order valence-electron chi connectivity index (χ3n) is 3.26. The van der Waals surface area contributed by atoms with Crippen LogP contribution in [-0.4, -0.2) is 17.8 Å². The first-order valence-corrected chi connectivity index (χ1v) is 7.44. The number of aryl methyl sites for hydroxylation is 1. The zero-order valence-corrected chi connectivity index (χ0v) is 11.9. The molecule has 1 aliphatic rings. The second-order valence-corrected chi connectivity index (χ2v) is 6.96. The van der Waals surface area contributed by atoms with E-state index >= 15 is 0 Å². The second kappa shape index (κ2) is 5.70. The maximum absolute atomic E-state index is 9.40. The predicted molar refractivity (Wildman–Crippen MR) is 73.9 cm³/mol. The van der Waals surface area contributed by atoms with E-state index in [2.05, 4.69) is 25.2 Å². The first-order valence-electron chi connectivity index (χ1n) is 6.25. The standard InChI is InChI=1S/C13H20ClNOS/c1-8(2)5-9(7-16)15-11-3-4-12-10(11)6-13(14)17-12/h6,8-9,11,15-16H,3-5,7H2,1-2H3. The highest BCUT2D eigenvalue weighted by Crippen LogP contribution is 2.39. The average Bonchev–Trinajstić information content (AvgIpc) is 2.77. The Bertz CT molecular complexity index is 377. The van der Waals surface area contributed by atoms with E-state index in [1.807, 2.05) is 0 Å². The number of halogens is 1. The monoisotopic (exact) mass is 273 g/mol. The van der Waals surface area contributed by atoms with Crippen LogP contribution in [0.4, 0.5) is 0 Å². The molecule has 2 nitrogen and oxygen atoms in total. The van der Waals surface area contributed by atoms with Crippen molar-refractivity contribution in [3.05, 3.63) is 20.8 Å². The molecule has 2 N–H and O–H groups in total. The molecule has 0 fully saturated rings. The molecule has 2 atom stereocenters. The smallest absolute Gasteiger partial charge is 0.0934 e. The molecule has 0 aliphatic heterocycles. The van der Waals surface area contributed by atoms with Gasteiger partial charge in [0, 0.05) is 17.0 Å². The Morgan fingerprint density at radius 3 is 3.00 bits per heavy atom. The summed E-state index contributed by atoms with van der Waals surface area (Å²) in [4.78, 5) is 1.41. The summed E-state index contributed by atoms with van der Waals surface area (Å²) < 4.78 is 0.880. The minimum absolute atomic E-state index is 0.199. The molecule has 0 saturated heterocycles. The van der Waals surface area contributed by atoms with Crippen molar-refractivity contribution in [1.29, 1.82) is 0 Å². The van der Waals surface area contributed by atoms with E-state index in [0.717, 1.165) is 23.6 Å². The molecule has 4 heteroatoms. The topological polar surface area (TPSA) is 32.3 Å². The summed E-state index contributed by atoms with van der Waals surface area (Å²) in [5, 5.41) is 13.0. The molecule has 17 heavy (non-hydrogen) atoms. The van der Waals surface area contributed by atoms with E-state index in [1.165, 1.54) is 10.4 Å². The summed E-state index contributed by atoms with van der Waals surface area (Å²) in [5.74, 6) is 0.603. The quantitative estimate of drug-likeness (QED) is 0.862. The fourth-order valence-electron chi connectivity index (χ4n) is 2.55. The summed E-state index contributed by atoms with van der Waals surface area (Å²) in [6.45, 7) is 4.58. The number of fused-ring (bicyclic) bond motifs is 1. The van der Waals surface area contributed by atoms with E-state index in [0.29, 0.717) is 12.0 Å². The minimum Gasteiger partial charge on any atom is -0.395 e. The fourth-order valence-corrected chi connectivity index (χ4v) is 3.91. The van der Waals surface area contributed by atoms with Crippen LogP contribution in [0.2, 0.25) is 4.34 Å². The van der Waals surface area contributed by atoms with E-state index in [1.54, 1.807) is 11.3 Å². The maximum atomic E-state index is 9.40. The normalized spacial score (nSPS) is 20.9. The minimum atomic E-state index is 0.199. The fraction of sp³-hybridized carbons (Fsp3) is 0.692. The average molecular weight is 274 g/mol. The molecular formula is C13H20ClNOS. The van der Waals surface area contributed by atoms with Crippen molar-refractivity contribution >= 4 is 22.9 Å². The van der Waals surface area contributed by atoms with Crippen LogP contribution in [0.5, 0.6) is 0 Å². The number of rotatable bonds is 5. The molecule has 2 rings (SSSR count). The van der Waals surface area contributed by atoms with Gasteiger partial charge in [-0.05, 0) is 36.8 Å². The van der Waals surface area contributed by atoms with Crippen LogP contribution in [0.15, 0.2) is 6.07 Å². The number of hydrogen-bond donors (Lipinski definition) is 2. The van der Waals surface area contributed by atoms with Gasteiger partial charge in [0.25, 0.3) is 0 Å². The van der Waals surface area contributed by atoms with Gasteiger partial charge < -0.3 is 10.4 Å². The SMILES string of the molecule is CC(C)CC(CO)NC1CCc2sc(Cl)cc21. The van der Waals surface area contributed by atoms with Gasteiger partial charge in [-0.15, -0.1) is 11.3 Å². The zero-order chi connectivity index (χ0) is 12.4. The van der Waals surface area contributed by atoms with Crippen LogP contribution in [0.1, 0.15) is 43.2 Å². The Labute approximate surface area is 112 Å². The Hall–Kier alpha value is -0.0900. The summed E-state index contributed by atoms with van der Waals surface area (Å²) in [7, 11) is 0. The van der Waals surface area contributed by atoms with E-state index in [-0.39, 0.29) is 12.6 Å². The summed E-state index contributed by atoms with van der Waals surface area (Å²) >= 11 is 7.73. The third kappa shape index (κ3) is 3.22. The van der Waals surface area contributed by atoms with Crippen LogP contribution < -0.4 is 5.32 Å². The third-order valence-corrected chi connectivity index (χ3v) is 4.60. The van der Waals surface area contributed by atoms with Gasteiger partial charge in [-0.3, -0.25) is 0 Å². The van der Waals surface area contributed by atoms with Gasteiger partial charge in [0.1, 0.15) is 0 Å². The zero-order valence-electron chi connectivity index (χ0n) is 10.4. The van der Waals surface area contributed by atoms with Crippen molar-refractivity contribution in [3.63, 3.8) is 0 Å². The van der Waals surface area contributed by atoms with E-state index in [4.69, 9.17) is 11.6 Å². The highest BCUT2D eigenvalue weighted by atomic mass is 35.5. The molecular weight excluding hydrogens is 254 g/mol. The largest absolute Gasteiger partial charge is 0.395 e. The lowest BCUT2D eigenvalue weighted by molar-refractivity contribution is 0.212. The molecule has 1 aromatic rings. The highest BCUT2D eigenvalue weighted by molar-refractivity contribution is 7.16. The molecule has 0 bridgehead atoms. The number of nitrogens with one attached hydrogen (secondary N) is 1. The summed E-state index contributed by atoms with van der Waals surface area (Å²) in [5.41, 5.74) is 1.35. The lowest BCUT2D eigenvalue weighted by Gasteiger charge is -2.23. The number of aliphatic hydroxyl groups excluding tert-OH is 1. The number of thiophene rings is 1. The van der Waals surface area contributed by atoms with E-state index < -0.39 is 0 Å². The van der Waals surface area contributed by atoms with Gasteiger partial charge in [-0.1, -0.05) is 25.4 Å². The van der Waals surface area contributed by atoms with Gasteiger partial charge in [0.15, 0.2) is 0 Å². The number of hydrogen-bond acceptors (Lipinski definition) is 3. The van der Waals surface area contributed by atoms with Crippen LogP contribution >= 0.6 is 22.9 Å². The molecule has 0 aromatic carbocycles. The van der Waals surface area contributed by atoms with Crippen molar-refractivity contribution in [2.24, 2.45) is 5.92 Å². The lowest BCUT2D eigenvalue weighted by Crippen LogP contribution is -2.35. The number of aliphatic hydroxyl groups is 1. The van der Waals surface area contributed by atoms with Gasteiger partial charge in [0.2, 0.25) is 0 Å². The predicted octanol–water partition coefficient (Wildman–Crippen LogP) is 3.39. The molecule has 0 amide bonds. The summed E-state index contributed by atoms with van der Waals surface area (Å²) in [6, 6.07) is 2.66. The van der Waals surface area contributed by atoms with Gasteiger partial charge in [-0.2, -0.15) is 0 Å². The van der Waals surface area contributed by atoms with Crippen LogP contribution in [-0.2, 0) is 6.42 Å². The first kappa shape index (κ1) is 13.3. The Morgan fingerprint density at radius 2 is 2.35 bits per heavy atom. The molecule has 0 saturated carbocycles. The molecule has 1 aromatic heterocycles. The summed E-state index contributed by atoms with van der Waals surface area (Å²) in [6.07, 6.45) is 3.26. The molecule has 0 radical (unpaired) electrons. The maximum Gasteiger partial charge on any atom is 0.0934 e. The van der Waals surface area contributed by atoms with Crippen molar-refractivity contribution in [2.45, 2.75) is 45.2 Å². The van der Waals surface area contributed by atoms with Gasteiger partial charge in [0.05, 0.1) is 10.9 Å². The van der Waals surface area contributed by atoms with Crippen molar-refractivity contribution < 1.29 is 5.11 Å². The Morgan fingerprint density at radius 1 is 1.59 bits per heavy atom. The molecule has 1 aliphatic carbocycles. The van der Waals surface area contributed by atoms with Gasteiger partial charge in [-0.25, -0.2) is 0 Å². The lowest BCUT2D eigenvalue weighted by atomic mass is 10.0. The van der Waals surface area contributed by atoms with Crippen molar-refractivity contribution in [3.8, 4) is 0 Å². The second-order valence-electron chi connectivity index (χ2n) is 5.20. The van der Waals surface area contributed by atoms with E-state index in [9.17, 15) is 5.11 Å². The molecule has 1 heterocycles. The van der Waals surface area contributed by atoms with Gasteiger partial charge >= 0.3 is 0 Å². The van der Waals surface area contributed by atoms with Crippen molar-refractivity contribution in [1.82, 2.24) is 5.32 Å². The Balaban J connectivity index is 2.00. The molecule has 96 valence electrons. The highest BCUT2D eigenvalue weighted by Gasteiger charge is 2.26. The Kier molecular flexibility index (Phi) is 4.47. The van der Waals surface area contributed by atoms with Crippen molar-refractivity contribution in [2.75, 3.05) is 6.61 Å². The van der Waals surface area contributed by atoms with Crippen LogP contribution in [0, 0.1) is 5.92 Å². The van der Waals surface area contributed by atoms with Crippen LogP contribution in [0.25, 0.3) is 0 Å². The molecule has 0 spiro atoms. The first-order chi connectivity index (χ1) is 8.10. The molecule has 2 unspecified atom stereocenters. The van der Waals surface area contributed by atoms with Crippen LogP contribution in [0.3, 0.4) is 0 Å².